The van der Waals surface area contributed by atoms with Crippen molar-refractivity contribution in [3.05, 3.63) is 53.8 Å². The van der Waals surface area contributed by atoms with Crippen molar-refractivity contribution in [3.63, 3.8) is 0 Å². The Kier molecular flexibility index (Phi) is 3.99. The molecule has 2 rings (SSSR count). The Labute approximate surface area is 109 Å². The van der Waals surface area contributed by atoms with E-state index in [1.807, 2.05) is 18.4 Å². The van der Waals surface area contributed by atoms with Gasteiger partial charge in [-0.25, -0.2) is 4.39 Å². The number of aldehydes is 1. The van der Waals surface area contributed by atoms with Crippen LogP contribution >= 0.6 is 11.8 Å². The van der Waals surface area contributed by atoms with Gasteiger partial charge in [0.1, 0.15) is 23.6 Å². The van der Waals surface area contributed by atoms with E-state index in [0.29, 0.717) is 17.8 Å². The first-order valence-electron chi connectivity index (χ1n) is 5.29. The highest BCUT2D eigenvalue weighted by atomic mass is 32.2. The summed E-state index contributed by atoms with van der Waals surface area (Å²) in [6.07, 6.45) is 2.57. The Morgan fingerprint density at radius 2 is 1.83 bits per heavy atom. The molecule has 0 atom stereocenters. The van der Waals surface area contributed by atoms with E-state index in [1.165, 1.54) is 12.1 Å². The summed E-state index contributed by atoms with van der Waals surface area (Å²) in [5.74, 6) is 0.430. The number of hydrogen-bond acceptors (Lipinski definition) is 3. The number of ether oxygens (including phenoxy) is 1. The maximum atomic E-state index is 13.2. The van der Waals surface area contributed by atoms with Crippen LogP contribution in [0.4, 0.5) is 4.39 Å². The first-order chi connectivity index (χ1) is 8.71. The van der Waals surface area contributed by atoms with Gasteiger partial charge in [-0.15, -0.1) is 11.8 Å². The monoisotopic (exact) mass is 262 g/mol. The Bertz CT molecular complexity index is 552. The summed E-state index contributed by atoms with van der Waals surface area (Å²) >= 11 is 1.63. The second-order valence-corrected chi connectivity index (χ2v) is 4.50. The molecular formula is C14H11FO2S. The highest BCUT2D eigenvalue weighted by molar-refractivity contribution is 7.98. The van der Waals surface area contributed by atoms with Crippen LogP contribution in [0.2, 0.25) is 0 Å². The second kappa shape index (κ2) is 5.69. The topological polar surface area (TPSA) is 26.3 Å². The van der Waals surface area contributed by atoms with Crippen molar-refractivity contribution in [1.82, 2.24) is 0 Å². The molecule has 0 aliphatic carbocycles. The number of halogens is 1. The van der Waals surface area contributed by atoms with Crippen LogP contribution < -0.4 is 4.74 Å². The molecule has 2 aromatic carbocycles. The summed E-state index contributed by atoms with van der Waals surface area (Å²) in [7, 11) is 0. The van der Waals surface area contributed by atoms with Crippen LogP contribution in [0.25, 0.3) is 0 Å². The fourth-order valence-corrected chi connectivity index (χ4v) is 1.90. The molecule has 0 fully saturated rings. The van der Waals surface area contributed by atoms with Crippen molar-refractivity contribution >= 4 is 18.0 Å². The third kappa shape index (κ3) is 3.11. The van der Waals surface area contributed by atoms with Gasteiger partial charge in [0.05, 0.1) is 0 Å². The van der Waals surface area contributed by atoms with E-state index in [1.54, 1.807) is 23.9 Å². The molecule has 4 heteroatoms. The van der Waals surface area contributed by atoms with Crippen LogP contribution in [0.15, 0.2) is 47.4 Å². The van der Waals surface area contributed by atoms with E-state index in [2.05, 4.69) is 0 Å². The van der Waals surface area contributed by atoms with E-state index >= 15 is 0 Å². The van der Waals surface area contributed by atoms with Gasteiger partial charge in [-0.2, -0.15) is 0 Å². The number of carbonyl (C=O) groups excluding carboxylic acids is 1. The first kappa shape index (κ1) is 12.6. The molecule has 0 amide bonds. The molecule has 0 bridgehead atoms. The number of benzene rings is 2. The maximum absolute atomic E-state index is 13.2. The average Bonchev–Trinajstić information content (AvgIpc) is 2.39. The fourth-order valence-electron chi connectivity index (χ4n) is 1.49. The molecular weight excluding hydrogens is 251 g/mol. The Hall–Kier alpha value is -1.81. The highest BCUT2D eigenvalue weighted by Crippen LogP contribution is 2.25. The maximum Gasteiger partial charge on any atom is 0.150 e. The van der Waals surface area contributed by atoms with Gasteiger partial charge in [0.25, 0.3) is 0 Å². The van der Waals surface area contributed by atoms with E-state index in [-0.39, 0.29) is 5.56 Å². The van der Waals surface area contributed by atoms with Crippen LogP contribution in [0.1, 0.15) is 10.4 Å². The number of thioether (sulfide) groups is 1. The smallest absolute Gasteiger partial charge is 0.150 e. The van der Waals surface area contributed by atoms with Crippen molar-refractivity contribution in [2.24, 2.45) is 0 Å². The minimum Gasteiger partial charge on any atom is -0.457 e. The van der Waals surface area contributed by atoms with Crippen LogP contribution in [-0.4, -0.2) is 12.5 Å². The van der Waals surface area contributed by atoms with Crippen molar-refractivity contribution in [2.75, 3.05) is 6.26 Å². The summed E-state index contributed by atoms with van der Waals surface area (Å²) in [5.41, 5.74) is 0.255. The lowest BCUT2D eigenvalue weighted by atomic mass is 10.2. The van der Waals surface area contributed by atoms with Crippen LogP contribution in [-0.2, 0) is 0 Å². The molecule has 0 unspecified atom stereocenters. The molecule has 0 N–H and O–H groups in total. The van der Waals surface area contributed by atoms with Crippen LogP contribution in [0.3, 0.4) is 0 Å². The molecule has 0 radical (unpaired) electrons. The van der Waals surface area contributed by atoms with Gasteiger partial charge >= 0.3 is 0 Å². The molecule has 2 aromatic rings. The Morgan fingerprint density at radius 1 is 1.11 bits per heavy atom. The zero-order valence-electron chi connectivity index (χ0n) is 9.72. The molecule has 0 spiro atoms. The van der Waals surface area contributed by atoms with E-state index < -0.39 is 5.82 Å². The molecule has 18 heavy (non-hydrogen) atoms. The number of carbonyl (C=O) groups is 1. The molecule has 92 valence electrons. The average molecular weight is 262 g/mol. The summed E-state index contributed by atoms with van der Waals surface area (Å²) in [4.78, 5) is 11.7. The summed E-state index contributed by atoms with van der Waals surface area (Å²) in [6, 6.07) is 11.3. The molecule has 0 saturated carbocycles. The van der Waals surface area contributed by atoms with Gasteiger partial charge in [-0.05, 0) is 42.7 Å². The van der Waals surface area contributed by atoms with Crippen molar-refractivity contribution < 1.29 is 13.9 Å². The zero-order valence-corrected chi connectivity index (χ0v) is 10.5. The molecule has 0 aliphatic heterocycles. The van der Waals surface area contributed by atoms with Crippen molar-refractivity contribution in [2.45, 2.75) is 4.90 Å². The van der Waals surface area contributed by atoms with Gasteiger partial charge in [0, 0.05) is 16.5 Å². The zero-order chi connectivity index (χ0) is 13.0. The van der Waals surface area contributed by atoms with E-state index in [9.17, 15) is 9.18 Å². The van der Waals surface area contributed by atoms with Gasteiger partial charge in [-0.3, -0.25) is 4.79 Å². The molecule has 2 nitrogen and oxygen atoms in total. The van der Waals surface area contributed by atoms with Crippen molar-refractivity contribution in [1.29, 1.82) is 0 Å². The SMILES string of the molecule is CSc1ccc(Oc2cc(F)cc(C=O)c2)cc1. The summed E-state index contributed by atoms with van der Waals surface area (Å²) in [6.45, 7) is 0. The Balaban J connectivity index is 2.22. The quantitative estimate of drug-likeness (QED) is 0.611. The van der Waals surface area contributed by atoms with E-state index in [4.69, 9.17) is 4.74 Å². The summed E-state index contributed by atoms with van der Waals surface area (Å²) in [5, 5.41) is 0. The minimum atomic E-state index is -0.490. The van der Waals surface area contributed by atoms with Gasteiger partial charge in [-0.1, -0.05) is 0 Å². The van der Waals surface area contributed by atoms with Gasteiger partial charge < -0.3 is 4.74 Å². The lowest BCUT2D eigenvalue weighted by molar-refractivity contribution is 0.112. The fraction of sp³-hybridized carbons (Fsp3) is 0.0714. The van der Waals surface area contributed by atoms with E-state index in [0.717, 1.165) is 11.0 Å². The predicted octanol–water partition coefficient (Wildman–Crippen LogP) is 4.15. The molecule has 0 aliphatic rings. The lowest BCUT2D eigenvalue weighted by Crippen LogP contribution is -1.89. The molecule has 0 aromatic heterocycles. The first-order valence-corrected chi connectivity index (χ1v) is 6.51. The van der Waals surface area contributed by atoms with Crippen LogP contribution in [0.5, 0.6) is 11.5 Å². The van der Waals surface area contributed by atoms with Crippen LogP contribution in [0, 0.1) is 5.82 Å². The van der Waals surface area contributed by atoms with Crippen molar-refractivity contribution in [3.8, 4) is 11.5 Å². The predicted molar refractivity (Wildman–Crippen MR) is 70.1 cm³/mol. The number of rotatable bonds is 4. The highest BCUT2D eigenvalue weighted by Gasteiger charge is 2.03. The second-order valence-electron chi connectivity index (χ2n) is 3.62. The Morgan fingerprint density at radius 3 is 2.44 bits per heavy atom. The normalized spacial score (nSPS) is 10.1. The lowest BCUT2D eigenvalue weighted by Gasteiger charge is -2.07. The van der Waals surface area contributed by atoms with Gasteiger partial charge in [0.2, 0.25) is 0 Å². The third-order valence-corrected chi connectivity index (χ3v) is 3.07. The minimum absolute atomic E-state index is 0.255. The third-order valence-electron chi connectivity index (χ3n) is 2.32. The number of hydrogen-bond donors (Lipinski definition) is 0. The molecule has 0 saturated heterocycles. The molecule has 0 heterocycles. The largest absolute Gasteiger partial charge is 0.457 e. The summed E-state index contributed by atoms with van der Waals surface area (Å²) < 4.78 is 18.7. The standard InChI is InChI=1S/C14H11FO2S/c1-18-14-4-2-12(3-5-14)17-13-7-10(9-16)6-11(15)8-13/h2-9H,1H3. The van der Waals surface area contributed by atoms with Gasteiger partial charge in [0.15, 0.2) is 0 Å².